The van der Waals surface area contributed by atoms with Gasteiger partial charge in [-0.3, -0.25) is 0 Å². The third-order valence-corrected chi connectivity index (χ3v) is 2.95. The Labute approximate surface area is 73.9 Å². The molecule has 0 saturated heterocycles. The summed E-state index contributed by atoms with van der Waals surface area (Å²) in [4.78, 5) is 0. The van der Waals surface area contributed by atoms with Crippen LogP contribution in [-0.4, -0.2) is 21.9 Å². The monoisotopic (exact) mass is 170 g/mol. The Bertz CT molecular complexity index is 186. The van der Waals surface area contributed by atoms with E-state index in [1.807, 2.05) is 19.9 Å². The second kappa shape index (κ2) is 3.58. The van der Waals surface area contributed by atoms with Gasteiger partial charge >= 0.3 is 0 Å². The first-order chi connectivity index (χ1) is 5.61. The van der Waals surface area contributed by atoms with Crippen molar-refractivity contribution in [3.05, 3.63) is 11.6 Å². The van der Waals surface area contributed by atoms with E-state index < -0.39 is 11.7 Å². The molecule has 1 aliphatic rings. The van der Waals surface area contributed by atoms with Crippen LogP contribution in [0.4, 0.5) is 0 Å². The van der Waals surface area contributed by atoms with Crippen LogP contribution in [0.25, 0.3) is 0 Å². The zero-order valence-electron chi connectivity index (χ0n) is 7.88. The molecule has 0 aliphatic heterocycles. The van der Waals surface area contributed by atoms with Gasteiger partial charge in [-0.1, -0.05) is 18.9 Å². The maximum atomic E-state index is 10.1. The van der Waals surface area contributed by atoms with Gasteiger partial charge in [0.25, 0.3) is 0 Å². The topological polar surface area (TPSA) is 40.5 Å². The van der Waals surface area contributed by atoms with Gasteiger partial charge in [0.1, 0.15) is 5.60 Å². The highest BCUT2D eigenvalue weighted by Crippen LogP contribution is 2.34. The molecule has 1 saturated carbocycles. The summed E-state index contributed by atoms with van der Waals surface area (Å²) in [7, 11) is 0. The van der Waals surface area contributed by atoms with Crippen LogP contribution in [-0.2, 0) is 0 Å². The third kappa shape index (κ3) is 1.54. The molecule has 0 aromatic heterocycles. The SMILES string of the molecule is C/C=C(\C)[C@]1(O)CCCC[C@@H]1O. The molecular formula is C10H18O2. The fourth-order valence-electron chi connectivity index (χ4n) is 1.85. The molecule has 2 heteroatoms. The molecule has 0 unspecified atom stereocenters. The lowest BCUT2D eigenvalue weighted by Gasteiger charge is -2.37. The van der Waals surface area contributed by atoms with E-state index in [1.54, 1.807) is 0 Å². The number of aliphatic hydroxyl groups is 2. The van der Waals surface area contributed by atoms with E-state index >= 15 is 0 Å². The van der Waals surface area contributed by atoms with E-state index in [-0.39, 0.29) is 0 Å². The van der Waals surface area contributed by atoms with Gasteiger partial charge in [-0.25, -0.2) is 0 Å². The summed E-state index contributed by atoms with van der Waals surface area (Å²) in [6.07, 6.45) is 4.78. The second-order valence-corrected chi connectivity index (χ2v) is 3.66. The van der Waals surface area contributed by atoms with Crippen molar-refractivity contribution in [1.29, 1.82) is 0 Å². The van der Waals surface area contributed by atoms with Crippen LogP contribution in [0.15, 0.2) is 11.6 Å². The molecule has 0 aromatic rings. The average molecular weight is 170 g/mol. The summed E-state index contributed by atoms with van der Waals surface area (Å²) >= 11 is 0. The summed E-state index contributed by atoms with van der Waals surface area (Å²) in [5, 5.41) is 19.7. The van der Waals surface area contributed by atoms with Crippen molar-refractivity contribution in [1.82, 2.24) is 0 Å². The molecule has 0 heterocycles. The van der Waals surface area contributed by atoms with Gasteiger partial charge in [0, 0.05) is 0 Å². The molecule has 0 amide bonds. The molecule has 70 valence electrons. The van der Waals surface area contributed by atoms with Crippen molar-refractivity contribution in [3.63, 3.8) is 0 Å². The molecule has 1 fully saturated rings. The van der Waals surface area contributed by atoms with Gasteiger partial charge < -0.3 is 10.2 Å². The van der Waals surface area contributed by atoms with Gasteiger partial charge in [0.2, 0.25) is 0 Å². The van der Waals surface area contributed by atoms with Crippen LogP contribution in [0.3, 0.4) is 0 Å². The van der Waals surface area contributed by atoms with Crippen LogP contribution in [0.2, 0.25) is 0 Å². The molecule has 0 radical (unpaired) electrons. The predicted molar refractivity (Wildman–Crippen MR) is 48.9 cm³/mol. The zero-order valence-corrected chi connectivity index (χ0v) is 7.88. The van der Waals surface area contributed by atoms with E-state index in [1.165, 1.54) is 0 Å². The number of hydrogen-bond donors (Lipinski definition) is 2. The smallest absolute Gasteiger partial charge is 0.111 e. The minimum absolute atomic E-state index is 0.567. The summed E-state index contributed by atoms with van der Waals surface area (Å²) < 4.78 is 0. The summed E-state index contributed by atoms with van der Waals surface area (Å²) in [6.45, 7) is 3.78. The Kier molecular flexibility index (Phi) is 2.91. The second-order valence-electron chi connectivity index (χ2n) is 3.66. The van der Waals surface area contributed by atoms with Gasteiger partial charge in [-0.2, -0.15) is 0 Å². The van der Waals surface area contributed by atoms with Crippen molar-refractivity contribution >= 4 is 0 Å². The maximum absolute atomic E-state index is 10.1. The first kappa shape index (κ1) is 9.75. The van der Waals surface area contributed by atoms with Gasteiger partial charge in [-0.05, 0) is 32.3 Å². The highest BCUT2D eigenvalue weighted by Gasteiger charge is 2.38. The highest BCUT2D eigenvalue weighted by molar-refractivity contribution is 5.17. The van der Waals surface area contributed by atoms with Crippen molar-refractivity contribution in [2.45, 2.75) is 51.2 Å². The van der Waals surface area contributed by atoms with E-state index in [9.17, 15) is 10.2 Å². The molecule has 2 N–H and O–H groups in total. The van der Waals surface area contributed by atoms with Crippen LogP contribution < -0.4 is 0 Å². The quantitative estimate of drug-likeness (QED) is 0.587. The lowest BCUT2D eigenvalue weighted by Crippen LogP contribution is -2.45. The Balaban J connectivity index is 2.79. The Morgan fingerprint density at radius 1 is 1.50 bits per heavy atom. The predicted octanol–water partition coefficient (Wildman–Crippen LogP) is 1.62. The molecule has 0 bridgehead atoms. The van der Waals surface area contributed by atoms with E-state index in [0.717, 1.165) is 24.8 Å². The first-order valence-electron chi connectivity index (χ1n) is 4.65. The number of aliphatic hydroxyl groups excluding tert-OH is 1. The molecule has 12 heavy (non-hydrogen) atoms. The van der Waals surface area contributed by atoms with Crippen LogP contribution in [0.1, 0.15) is 39.5 Å². The van der Waals surface area contributed by atoms with Crippen molar-refractivity contribution in [3.8, 4) is 0 Å². The fourth-order valence-corrected chi connectivity index (χ4v) is 1.85. The molecule has 0 spiro atoms. The number of allylic oxidation sites excluding steroid dienone is 1. The minimum Gasteiger partial charge on any atom is -0.390 e. The lowest BCUT2D eigenvalue weighted by molar-refractivity contribution is -0.0734. The van der Waals surface area contributed by atoms with E-state index in [4.69, 9.17) is 0 Å². The summed E-state index contributed by atoms with van der Waals surface area (Å²) in [5.41, 5.74) is -0.0396. The Hall–Kier alpha value is -0.340. The molecule has 1 aliphatic carbocycles. The molecule has 1 rings (SSSR count). The lowest BCUT2D eigenvalue weighted by atomic mass is 9.77. The van der Waals surface area contributed by atoms with E-state index in [0.29, 0.717) is 6.42 Å². The van der Waals surface area contributed by atoms with Crippen LogP contribution >= 0.6 is 0 Å². The van der Waals surface area contributed by atoms with Gasteiger partial charge in [-0.15, -0.1) is 0 Å². The standard InChI is InChI=1S/C10H18O2/c1-3-8(2)10(12)7-5-4-6-9(10)11/h3,9,11-12H,4-7H2,1-2H3/b8-3+/t9-,10+/m0/s1. The minimum atomic E-state index is -0.937. The maximum Gasteiger partial charge on any atom is 0.111 e. The number of rotatable bonds is 1. The van der Waals surface area contributed by atoms with E-state index in [2.05, 4.69) is 0 Å². The fraction of sp³-hybridized carbons (Fsp3) is 0.800. The number of hydrogen-bond acceptors (Lipinski definition) is 2. The normalized spacial score (nSPS) is 38.3. The molecule has 0 aromatic carbocycles. The first-order valence-corrected chi connectivity index (χ1v) is 4.65. The highest BCUT2D eigenvalue weighted by atomic mass is 16.3. The molecule has 2 nitrogen and oxygen atoms in total. The average Bonchev–Trinajstić information content (AvgIpc) is 2.09. The molecular weight excluding hydrogens is 152 g/mol. The Morgan fingerprint density at radius 3 is 2.67 bits per heavy atom. The van der Waals surface area contributed by atoms with Crippen molar-refractivity contribution in [2.24, 2.45) is 0 Å². The van der Waals surface area contributed by atoms with Crippen LogP contribution in [0, 0.1) is 0 Å². The summed E-state index contributed by atoms with van der Waals surface area (Å²) in [6, 6.07) is 0. The van der Waals surface area contributed by atoms with Crippen LogP contribution in [0.5, 0.6) is 0 Å². The largest absolute Gasteiger partial charge is 0.390 e. The van der Waals surface area contributed by atoms with Crippen molar-refractivity contribution < 1.29 is 10.2 Å². The van der Waals surface area contributed by atoms with Gasteiger partial charge in [0.05, 0.1) is 6.10 Å². The third-order valence-electron chi connectivity index (χ3n) is 2.95. The summed E-state index contributed by atoms with van der Waals surface area (Å²) in [5.74, 6) is 0. The van der Waals surface area contributed by atoms with Crippen molar-refractivity contribution in [2.75, 3.05) is 0 Å². The Morgan fingerprint density at radius 2 is 2.17 bits per heavy atom. The van der Waals surface area contributed by atoms with Gasteiger partial charge in [0.15, 0.2) is 0 Å². The zero-order chi connectivity index (χ0) is 9.19. The molecule has 2 atom stereocenters.